The number of rotatable bonds is 4. The predicted octanol–water partition coefficient (Wildman–Crippen LogP) is 2.04. The van der Waals surface area contributed by atoms with Crippen LogP contribution >= 0.6 is 11.6 Å². The number of fused-ring (bicyclic) bond motifs is 1. The number of hydrogen-bond acceptors (Lipinski definition) is 4. The summed E-state index contributed by atoms with van der Waals surface area (Å²) in [6, 6.07) is 8.13. The Kier molecular flexibility index (Phi) is 4.28. The molecule has 0 spiro atoms. The van der Waals surface area contributed by atoms with E-state index < -0.39 is 23.0 Å². The molecule has 1 amide bonds. The molecule has 9 heteroatoms. The van der Waals surface area contributed by atoms with Crippen LogP contribution in [0, 0.1) is 0 Å². The van der Waals surface area contributed by atoms with E-state index in [0.717, 1.165) is 10.7 Å². The van der Waals surface area contributed by atoms with Crippen molar-refractivity contribution in [3.8, 4) is 0 Å². The summed E-state index contributed by atoms with van der Waals surface area (Å²) in [6.07, 6.45) is 1.08. The molecule has 0 fully saturated rings. The van der Waals surface area contributed by atoms with E-state index in [2.05, 4.69) is 10.1 Å². The number of aromatic carboxylic acids is 1. The SMILES string of the molecule is CCN(C(=O)c1cc2[nH]cc(C(=O)O)c(=O)n2n1)c1ccc(Cl)cc1. The Hall–Kier alpha value is -3.13. The molecular formula is C16H13ClN4O4. The second-order valence-electron chi connectivity index (χ2n) is 5.17. The third kappa shape index (κ3) is 2.99. The number of benzene rings is 1. The largest absolute Gasteiger partial charge is 0.477 e. The number of halogens is 1. The van der Waals surface area contributed by atoms with Gasteiger partial charge in [-0.1, -0.05) is 11.6 Å². The lowest BCUT2D eigenvalue weighted by Gasteiger charge is -2.19. The molecule has 0 radical (unpaired) electrons. The van der Waals surface area contributed by atoms with Crippen molar-refractivity contribution in [2.45, 2.75) is 6.92 Å². The summed E-state index contributed by atoms with van der Waals surface area (Å²) in [4.78, 5) is 40.0. The van der Waals surface area contributed by atoms with Crippen molar-refractivity contribution in [3.05, 3.63) is 63.2 Å². The normalized spacial score (nSPS) is 10.8. The number of amides is 1. The first-order chi connectivity index (χ1) is 11.9. The van der Waals surface area contributed by atoms with Gasteiger partial charge in [0.05, 0.1) is 0 Å². The van der Waals surface area contributed by atoms with Gasteiger partial charge < -0.3 is 15.0 Å². The Bertz CT molecular complexity index is 1020. The highest BCUT2D eigenvalue weighted by Gasteiger charge is 2.21. The highest BCUT2D eigenvalue weighted by Crippen LogP contribution is 2.20. The zero-order valence-corrected chi connectivity index (χ0v) is 13.8. The third-order valence-corrected chi connectivity index (χ3v) is 3.90. The average molecular weight is 361 g/mol. The van der Waals surface area contributed by atoms with E-state index in [-0.39, 0.29) is 11.3 Å². The Morgan fingerprint density at radius 2 is 2.00 bits per heavy atom. The number of carbonyl (C=O) groups excluding carboxylic acids is 1. The Morgan fingerprint density at radius 1 is 1.32 bits per heavy atom. The lowest BCUT2D eigenvalue weighted by molar-refractivity contribution is 0.0694. The molecule has 25 heavy (non-hydrogen) atoms. The van der Waals surface area contributed by atoms with Crippen LogP contribution in [-0.2, 0) is 0 Å². The first kappa shape index (κ1) is 16.7. The molecule has 0 bridgehead atoms. The number of carbonyl (C=O) groups is 2. The average Bonchev–Trinajstić information content (AvgIpc) is 3.02. The Morgan fingerprint density at radius 3 is 2.60 bits per heavy atom. The van der Waals surface area contributed by atoms with Crippen molar-refractivity contribution in [2.75, 3.05) is 11.4 Å². The number of nitrogens with zero attached hydrogens (tertiary/aromatic N) is 3. The zero-order valence-electron chi connectivity index (χ0n) is 13.1. The Labute approximate surface area is 146 Å². The number of aromatic amines is 1. The maximum Gasteiger partial charge on any atom is 0.342 e. The van der Waals surface area contributed by atoms with Gasteiger partial charge in [0.25, 0.3) is 11.5 Å². The molecule has 8 nitrogen and oxygen atoms in total. The summed E-state index contributed by atoms with van der Waals surface area (Å²) in [6.45, 7) is 2.18. The minimum atomic E-state index is -1.37. The van der Waals surface area contributed by atoms with Gasteiger partial charge in [-0.3, -0.25) is 9.59 Å². The molecule has 2 aromatic heterocycles. The van der Waals surface area contributed by atoms with Crippen molar-refractivity contribution >= 4 is 34.8 Å². The molecule has 0 saturated heterocycles. The highest BCUT2D eigenvalue weighted by atomic mass is 35.5. The fraction of sp³-hybridized carbons (Fsp3) is 0.125. The molecule has 128 valence electrons. The lowest BCUT2D eigenvalue weighted by Crippen LogP contribution is -2.31. The summed E-state index contributed by atoms with van der Waals surface area (Å²) in [7, 11) is 0. The first-order valence-electron chi connectivity index (χ1n) is 7.34. The van der Waals surface area contributed by atoms with Gasteiger partial charge in [0.15, 0.2) is 5.69 Å². The number of carboxylic acids is 1. The fourth-order valence-electron chi connectivity index (χ4n) is 2.42. The van der Waals surface area contributed by atoms with Crippen molar-refractivity contribution < 1.29 is 14.7 Å². The third-order valence-electron chi connectivity index (χ3n) is 3.65. The molecule has 1 aromatic carbocycles. The van der Waals surface area contributed by atoms with E-state index in [0.29, 0.717) is 17.3 Å². The lowest BCUT2D eigenvalue weighted by atomic mass is 10.2. The molecule has 0 unspecified atom stereocenters. The topological polar surface area (TPSA) is 108 Å². The van der Waals surface area contributed by atoms with Crippen molar-refractivity contribution in [1.82, 2.24) is 14.6 Å². The molecule has 0 aliphatic carbocycles. The van der Waals surface area contributed by atoms with Gasteiger partial charge in [-0.2, -0.15) is 9.61 Å². The van der Waals surface area contributed by atoms with Gasteiger partial charge in [0.2, 0.25) is 0 Å². The Balaban J connectivity index is 2.04. The quantitative estimate of drug-likeness (QED) is 0.740. The predicted molar refractivity (Wildman–Crippen MR) is 91.6 cm³/mol. The van der Waals surface area contributed by atoms with Gasteiger partial charge in [-0.25, -0.2) is 4.79 Å². The zero-order chi connectivity index (χ0) is 18.1. The molecule has 0 saturated carbocycles. The van der Waals surface area contributed by atoms with Crippen LogP contribution in [-0.4, -0.2) is 38.1 Å². The monoisotopic (exact) mass is 360 g/mol. The summed E-state index contributed by atoms with van der Waals surface area (Å²) in [5.41, 5.74) is -0.390. The number of nitrogens with one attached hydrogen (secondary N) is 1. The minimum Gasteiger partial charge on any atom is -0.477 e. The van der Waals surface area contributed by atoms with Crippen LogP contribution in [0.3, 0.4) is 0 Å². The number of H-pyrrole nitrogens is 1. The number of hydrogen-bond donors (Lipinski definition) is 2. The van der Waals surface area contributed by atoms with E-state index in [1.54, 1.807) is 31.2 Å². The van der Waals surface area contributed by atoms with E-state index in [9.17, 15) is 14.4 Å². The van der Waals surface area contributed by atoms with Gasteiger partial charge >= 0.3 is 5.97 Å². The van der Waals surface area contributed by atoms with Crippen LogP contribution in [0.15, 0.2) is 41.3 Å². The number of aromatic nitrogens is 3. The molecule has 3 rings (SSSR count). The smallest absolute Gasteiger partial charge is 0.342 e. The standard InChI is InChI=1S/C16H13ClN4O4/c1-2-20(10-5-3-9(17)4-6-10)15(23)12-7-13-18-8-11(16(24)25)14(22)21(13)19-12/h3-8,18H,2H2,1H3,(H,24,25). The van der Waals surface area contributed by atoms with Crippen LogP contribution in [0.2, 0.25) is 5.02 Å². The second kappa shape index (κ2) is 6.40. The van der Waals surface area contributed by atoms with Crippen LogP contribution in [0.5, 0.6) is 0 Å². The minimum absolute atomic E-state index is 0.0210. The molecule has 3 aromatic rings. The maximum absolute atomic E-state index is 12.7. The van der Waals surface area contributed by atoms with Crippen LogP contribution < -0.4 is 10.5 Å². The summed E-state index contributed by atoms with van der Waals surface area (Å²) in [5.74, 6) is -1.79. The molecule has 0 atom stereocenters. The molecule has 0 aliphatic heterocycles. The number of anilines is 1. The highest BCUT2D eigenvalue weighted by molar-refractivity contribution is 6.30. The maximum atomic E-state index is 12.7. The summed E-state index contributed by atoms with van der Waals surface area (Å²) in [5, 5.41) is 13.5. The van der Waals surface area contributed by atoms with Crippen LogP contribution in [0.1, 0.15) is 27.8 Å². The second-order valence-corrected chi connectivity index (χ2v) is 5.60. The van der Waals surface area contributed by atoms with E-state index in [1.807, 2.05) is 0 Å². The van der Waals surface area contributed by atoms with Crippen molar-refractivity contribution in [3.63, 3.8) is 0 Å². The molecule has 0 aliphatic rings. The molecule has 2 heterocycles. The van der Waals surface area contributed by atoms with Crippen LogP contribution in [0.25, 0.3) is 5.65 Å². The van der Waals surface area contributed by atoms with Gasteiger partial charge in [-0.05, 0) is 31.2 Å². The van der Waals surface area contributed by atoms with E-state index in [1.165, 1.54) is 11.0 Å². The van der Waals surface area contributed by atoms with E-state index in [4.69, 9.17) is 16.7 Å². The van der Waals surface area contributed by atoms with Crippen molar-refractivity contribution in [1.29, 1.82) is 0 Å². The summed E-state index contributed by atoms with van der Waals surface area (Å²) < 4.78 is 0.867. The van der Waals surface area contributed by atoms with Gasteiger partial charge in [-0.15, -0.1) is 0 Å². The number of carboxylic acid groups (broad SMARTS) is 1. The first-order valence-corrected chi connectivity index (χ1v) is 7.72. The van der Waals surface area contributed by atoms with Gasteiger partial charge in [0.1, 0.15) is 11.2 Å². The van der Waals surface area contributed by atoms with Gasteiger partial charge in [0, 0.05) is 29.5 Å². The van der Waals surface area contributed by atoms with E-state index >= 15 is 0 Å². The molecule has 2 N–H and O–H groups in total. The fourth-order valence-corrected chi connectivity index (χ4v) is 2.55. The van der Waals surface area contributed by atoms with Crippen molar-refractivity contribution in [2.24, 2.45) is 0 Å². The summed E-state index contributed by atoms with van der Waals surface area (Å²) >= 11 is 5.86. The molecular weight excluding hydrogens is 348 g/mol. The van der Waals surface area contributed by atoms with Crippen LogP contribution in [0.4, 0.5) is 5.69 Å².